The Kier molecular flexibility index (Phi) is 7.59. The van der Waals surface area contributed by atoms with E-state index in [1.54, 1.807) is 7.11 Å². The van der Waals surface area contributed by atoms with Gasteiger partial charge in [0.05, 0.1) is 26.0 Å². The third-order valence-corrected chi connectivity index (χ3v) is 5.07. The van der Waals surface area contributed by atoms with Gasteiger partial charge in [-0.05, 0) is 66.6 Å². The second-order valence-corrected chi connectivity index (χ2v) is 7.21. The zero-order valence-corrected chi connectivity index (χ0v) is 17.3. The molecule has 0 radical (unpaired) electrons. The zero-order valence-electron chi connectivity index (χ0n) is 16.5. The number of hydrogen-bond donors (Lipinski definition) is 2. The van der Waals surface area contributed by atoms with Crippen molar-refractivity contribution in [3.8, 4) is 5.75 Å². The Labute approximate surface area is 171 Å². The maximum Gasteiger partial charge on any atom is 0.186 e. The van der Waals surface area contributed by atoms with Crippen LogP contribution in [0.3, 0.4) is 0 Å². The number of nitrogens with one attached hydrogen (secondary N) is 2. The van der Waals surface area contributed by atoms with E-state index in [1.807, 2.05) is 19.1 Å². The van der Waals surface area contributed by atoms with E-state index in [0.717, 1.165) is 73.6 Å². The fourth-order valence-electron chi connectivity index (χ4n) is 3.14. The Bertz CT molecular complexity index is 834. The third kappa shape index (κ3) is 5.89. The SMILES string of the molecule is COc1ccc2cc(/C(C)=N/NC(=S)NCCCN3CCOCC3)ccc2c1. The molecule has 2 aromatic carbocycles. The molecule has 1 aliphatic heterocycles. The van der Waals surface area contributed by atoms with Crippen molar-refractivity contribution in [1.29, 1.82) is 0 Å². The maximum atomic E-state index is 5.36. The summed E-state index contributed by atoms with van der Waals surface area (Å²) in [6.07, 6.45) is 1.04. The normalized spacial score (nSPS) is 15.4. The number of nitrogens with zero attached hydrogens (tertiary/aromatic N) is 2. The van der Waals surface area contributed by atoms with Gasteiger partial charge in [0.2, 0.25) is 0 Å². The van der Waals surface area contributed by atoms with Crippen molar-refractivity contribution in [2.75, 3.05) is 46.5 Å². The molecular weight excluding hydrogens is 372 g/mol. The fraction of sp³-hybridized carbons (Fsp3) is 0.429. The molecule has 2 N–H and O–H groups in total. The minimum Gasteiger partial charge on any atom is -0.497 e. The average molecular weight is 401 g/mol. The summed E-state index contributed by atoms with van der Waals surface area (Å²) in [4.78, 5) is 2.42. The molecule has 3 rings (SSSR count). The highest BCUT2D eigenvalue weighted by molar-refractivity contribution is 7.80. The summed E-state index contributed by atoms with van der Waals surface area (Å²) in [6, 6.07) is 12.3. The van der Waals surface area contributed by atoms with E-state index >= 15 is 0 Å². The van der Waals surface area contributed by atoms with Gasteiger partial charge in [0.15, 0.2) is 5.11 Å². The molecular formula is C21H28N4O2S. The van der Waals surface area contributed by atoms with Gasteiger partial charge < -0.3 is 14.8 Å². The first-order valence-electron chi connectivity index (χ1n) is 9.62. The molecule has 0 aliphatic carbocycles. The van der Waals surface area contributed by atoms with E-state index in [9.17, 15) is 0 Å². The predicted octanol–water partition coefficient (Wildman–Crippen LogP) is 2.76. The van der Waals surface area contributed by atoms with Crippen molar-refractivity contribution in [2.45, 2.75) is 13.3 Å². The highest BCUT2D eigenvalue weighted by Crippen LogP contribution is 2.22. The van der Waals surface area contributed by atoms with Crippen LogP contribution in [0.1, 0.15) is 18.9 Å². The van der Waals surface area contributed by atoms with Crippen LogP contribution in [0.4, 0.5) is 0 Å². The van der Waals surface area contributed by atoms with Crippen LogP contribution in [-0.4, -0.2) is 62.2 Å². The molecule has 1 heterocycles. The van der Waals surface area contributed by atoms with Gasteiger partial charge in [-0.3, -0.25) is 10.3 Å². The van der Waals surface area contributed by atoms with E-state index < -0.39 is 0 Å². The summed E-state index contributed by atoms with van der Waals surface area (Å²) in [6.45, 7) is 7.57. The number of thiocarbonyl (C=S) groups is 1. The van der Waals surface area contributed by atoms with Crippen molar-refractivity contribution >= 4 is 33.8 Å². The lowest BCUT2D eigenvalue weighted by Gasteiger charge is -2.26. The lowest BCUT2D eigenvalue weighted by Crippen LogP contribution is -2.39. The first kappa shape index (κ1) is 20.5. The molecule has 2 aromatic rings. The summed E-state index contributed by atoms with van der Waals surface area (Å²) in [5.74, 6) is 0.859. The smallest absolute Gasteiger partial charge is 0.186 e. The average Bonchev–Trinajstić information content (AvgIpc) is 2.75. The lowest BCUT2D eigenvalue weighted by molar-refractivity contribution is 0.0376. The van der Waals surface area contributed by atoms with Gasteiger partial charge in [0, 0.05) is 19.6 Å². The maximum absolute atomic E-state index is 5.36. The molecule has 0 unspecified atom stereocenters. The summed E-state index contributed by atoms with van der Waals surface area (Å²) in [5, 5.41) is 10.5. The van der Waals surface area contributed by atoms with E-state index in [1.165, 1.54) is 0 Å². The van der Waals surface area contributed by atoms with Gasteiger partial charge in [-0.25, -0.2) is 0 Å². The number of fused-ring (bicyclic) bond motifs is 1. The molecule has 1 saturated heterocycles. The number of hydrogen-bond acceptors (Lipinski definition) is 5. The van der Waals surface area contributed by atoms with Crippen molar-refractivity contribution in [3.05, 3.63) is 42.0 Å². The van der Waals surface area contributed by atoms with E-state index in [4.69, 9.17) is 21.7 Å². The zero-order chi connectivity index (χ0) is 19.8. The first-order chi connectivity index (χ1) is 13.7. The second-order valence-electron chi connectivity index (χ2n) is 6.80. The quantitative estimate of drug-likeness (QED) is 0.323. The molecule has 1 fully saturated rings. The molecule has 1 aliphatic rings. The summed E-state index contributed by atoms with van der Waals surface area (Å²) >= 11 is 5.32. The van der Waals surface area contributed by atoms with Crippen LogP contribution in [0, 0.1) is 0 Å². The van der Waals surface area contributed by atoms with Gasteiger partial charge >= 0.3 is 0 Å². The van der Waals surface area contributed by atoms with E-state index in [-0.39, 0.29) is 0 Å². The number of benzene rings is 2. The standard InChI is InChI=1S/C21H28N4O2S/c1-16(17-4-5-19-15-20(26-2)7-6-18(19)14-17)23-24-21(28)22-8-3-9-25-10-12-27-13-11-25/h4-7,14-15H,3,8-13H2,1-2H3,(H2,22,24,28)/b23-16+. The Morgan fingerprint density at radius 3 is 2.71 bits per heavy atom. The van der Waals surface area contributed by atoms with Crippen LogP contribution in [0.25, 0.3) is 10.8 Å². The highest BCUT2D eigenvalue weighted by atomic mass is 32.1. The third-order valence-electron chi connectivity index (χ3n) is 4.83. The lowest BCUT2D eigenvalue weighted by atomic mass is 10.0. The Morgan fingerprint density at radius 1 is 1.18 bits per heavy atom. The minimum absolute atomic E-state index is 0.548. The number of morpholine rings is 1. The second kappa shape index (κ2) is 10.4. The van der Waals surface area contributed by atoms with Crippen molar-refractivity contribution in [2.24, 2.45) is 5.10 Å². The fourth-order valence-corrected chi connectivity index (χ4v) is 3.29. The van der Waals surface area contributed by atoms with Crippen LogP contribution in [0.15, 0.2) is 41.5 Å². The number of ether oxygens (including phenoxy) is 2. The van der Waals surface area contributed by atoms with Crippen molar-refractivity contribution in [3.63, 3.8) is 0 Å². The summed E-state index contributed by atoms with van der Waals surface area (Å²) in [7, 11) is 1.68. The first-order valence-corrected chi connectivity index (χ1v) is 10.0. The number of methoxy groups -OCH3 is 1. The molecule has 0 spiro atoms. The molecule has 0 saturated carbocycles. The van der Waals surface area contributed by atoms with Gasteiger partial charge in [-0.15, -0.1) is 0 Å². The summed E-state index contributed by atoms with van der Waals surface area (Å²) < 4.78 is 10.6. The van der Waals surface area contributed by atoms with E-state index in [0.29, 0.717) is 5.11 Å². The molecule has 0 atom stereocenters. The Morgan fingerprint density at radius 2 is 1.93 bits per heavy atom. The molecule has 6 nitrogen and oxygen atoms in total. The molecule has 28 heavy (non-hydrogen) atoms. The Balaban J connectivity index is 1.46. The van der Waals surface area contributed by atoms with Crippen LogP contribution < -0.4 is 15.5 Å². The van der Waals surface area contributed by atoms with Crippen LogP contribution in [0.2, 0.25) is 0 Å². The molecule has 150 valence electrons. The predicted molar refractivity (Wildman–Crippen MR) is 118 cm³/mol. The van der Waals surface area contributed by atoms with Gasteiger partial charge in [0.25, 0.3) is 0 Å². The molecule has 0 amide bonds. The number of hydrazone groups is 1. The van der Waals surface area contributed by atoms with Crippen LogP contribution in [0.5, 0.6) is 5.75 Å². The monoisotopic (exact) mass is 400 g/mol. The highest BCUT2D eigenvalue weighted by Gasteiger charge is 2.09. The van der Waals surface area contributed by atoms with Crippen molar-refractivity contribution < 1.29 is 9.47 Å². The number of rotatable bonds is 7. The van der Waals surface area contributed by atoms with Gasteiger partial charge in [0.1, 0.15) is 5.75 Å². The van der Waals surface area contributed by atoms with Gasteiger partial charge in [-0.2, -0.15) is 5.10 Å². The van der Waals surface area contributed by atoms with Gasteiger partial charge in [-0.1, -0.05) is 18.2 Å². The Hall–Kier alpha value is -2.22. The van der Waals surface area contributed by atoms with Crippen molar-refractivity contribution in [1.82, 2.24) is 15.6 Å². The molecule has 7 heteroatoms. The minimum atomic E-state index is 0.548. The topological polar surface area (TPSA) is 58.1 Å². The van der Waals surface area contributed by atoms with E-state index in [2.05, 4.69) is 45.0 Å². The largest absolute Gasteiger partial charge is 0.497 e. The van der Waals surface area contributed by atoms with Crippen LogP contribution in [-0.2, 0) is 4.74 Å². The molecule has 0 aromatic heterocycles. The van der Waals surface area contributed by atoms with Crippen LogP contribution >= 0.6 is 12.2 Å². The molecule has 0 bridgehead atoms. The summed E-state index contributed by atoms with van der Waals surface area (Å²) in [5.41, 5.74) is 4.88.